The Labute approximate surface area is 119 Å². The van der Waals surface area contributed by atoms with E-state index in [1.165, 1.54) is 10.9 Å². The number of aromatic nitrogens is 2. The van der Waals surface area contributed by atoms with Crippen molar-refractivity contribution in [3.8, 4) is 5.69 Å². The molecule has 0 aliphatic rings. The Kier molecular flexibility index (Phi) is 4.05. The van der Waals surface area contributed by atoms with Crippen LogP contribution in [-0.4, -0.2) is 33.4 Å². The number of rotatable bonds is 4. The number of aromatic carboxylic acids is 1. The second-order valence-corrected chi connectivity index (χ2v) is 4.22. The maximum atomic E-state index is 11.7. The molecule has 104 valence electrons. The largest absolute Gasteiger partial charge is 0.478 e. The summed E-state index contributed by atoms with van der Waals surface area (Å²) in [4.78, 5) is 22.9. The highest BCUT2D eigenvalue weighted by Gasteiger charge is 2.23. The van der Waals surface area contributed by atoms with Crippen molar-refractivity contribution in [1.82, 2.24) is 9.78 Å². The van der Waals surface area contributed by atoms with Gasteiger partial charge in [0.05, 0.1) is 17.3 Å². The Morgan fingerprint density at radius 3 is 2.70 bits per heavy atom. The lowest BCUT2D eigenvalue weighted by Gasteiger charge is -2.02. The van der Waals surface area contributed by atoms with E-state index in [2.05, 4.69) is 5.10 Å². The molecule has 7 heteroatoms. The van der Waals surface area contributed by atoms with Gasteiger partial charge in [0.15, 0.2) is 5.69 Å². The number of carboxylic acids is 1. The van der Waals surface area contributed by atoms with Gasteiger partial charge in [0.1, 0.15) is 5.56 Å². The summed E-state index contributed by atoms with van der Waals surface area (Å²) in [5.41, 5.74) is -0.00476. The van der Waals surface area contributed by atoms with E-state index in [-0.39, 0.29) is 17.9 Å². The fourth-order valence-corrected chi connectivity index (χ4v) is 1.86. The van der Waals surface area contributed by atoms with Crippen molar-refractivity contribution in [2.24, 2.45) is 0 Å². The summed E-state index contributed by atoms with van der Waals surface area (Å²) in [7, 11) is 0. The van der Waals surface area contributed by atoms with Crippen LogP contribution < -0.4 is 0 Å². The van der Waals surface area contributed by atoms with Gasteiger partial charge in [0.2, 0.25) is 0 Å². The predicted molar refractivity (Wildman–Crippen MR) is 71.5 cm³/mol. The zero-order valence-corrected chi connectivity index (χ0v) is 11.3. The fraction of sp³-hybridized carbons (Fsp3) is 0.154. The number of hydrogen-bond acceptors (Lipinski definition) is 4. The highest BCUT2D eigenvalue weighted by atomic mass is 35.5. The van der Waals surface area contributed by atoms with Crippen molar-refractivity contribution in [3.63, 3.8) is 0 Å². The summed E-state index contributed by atoms with van der Waals surface area (Å²) < 4.78 is 6.04. The molecule has 0 amide bonds. The van der Waals surface area contributed by atoms with Crippen LogP contribution in [0.2, 0.25) is 5.02 Å². The van der Waals surface area contributed by atoms with Gasteiger partial charge in [-0.05, 0) is 19.1 Å². The molecule has 2 rings (SSSR count). The molecule has 1 N–H and O–H groups in total. The van der Waals surface area contributed by atoms with E-state index in [0.717, 1.165) is 0 Å². The summed E-state index contributed by atoms with van der Waals surface area (Å²) >= 11 is 6.02. The minimum absolute atomic E-state index is 0.136. The maximum absolute atomic E-state index is 11.7. The van der Waals surface area contributed by atoms with Gasteiger partial charge in [-0.1, -0.05) is 23.7 Å². The quantitative estimate of drug-likeness (QED) is 0.876. The lowest BCUT2D eigenvalue weighted by molar-refractivity contribution is 0.0507. The summed E-state index contributed by atoms with van der Waals surface area (Å²) in [6, 6.07) is 6.77. The van der Waals surface area contributed by atoms with Gasteiger partial charge in [-0.3, -0.25) is 0 Å². The van der Waals surface area contributed by atoms with Crippen molar-refractivity contribution in [1.29, 1.82) is 0 Å². The standard InChI is InChI=1S/C13H11ClN2O4/c1-2-20-13(19)11-8(12(17)18)7-16(15-11)10-6-4-3-5-9(10)14/h3-7H,2H2,1H3,(H,17,18). The number of carbonyl (C=O) groups is 2. The highest BCUT2D eigenvalue weighted by molar-refractivity contribution is 6.32. The number of halogens is 1. The molecule has 6 nitrogen and oxygen atoms in total. The van der Waals surface area contributed by atoms with Crippen LogP contribution in [0.3, 0.4) is 0 Å². The molecule has 0 unspecified atom stereocenters. The third kappa shape index (κ3) is 2.65. The lowest BCUT2D eigenvalue weighted by atomic mass is 10.2. The summed E-state index contributed by atoms with van der Waals surface area (Å²) in [6.07, 6.45) is 1.23. The normalized spacial score (nSPS) is 10.3. The first-order valence-corrected chi connectivity index (χ1v) is 6.17. The molecular weight excluding hydrogens is 284 g/mol. The van der Waals surface area contributed by atoms with Crippen molar-refractivity contribution >= 4 is 23.5 Å². The number of esters is 1. The number of carboxylic acid groups (broad SMARTS) is 1. The van der Waals surface area contributed by atoms with Crippen molar-refractivity contribution in [2.75, 3.05) is 6.61 Å². The molecule has 0 atom stereocenters. The van der Waals surface area contributed by atoms with Gasteiger partial charge in [-0.25, -0.2) is 14.3 Å². The summed E-state index contributed by atoms with van der Waals surface area (Å²) in [6.45, 7) is 1.76. The van der Waals surface area contributed by atoms with E-state index in [0.29, 0.717) is 10.7 Å². The van der Waals surface area contributed by atoms with Crippen LogP contribution in [0.4, 0.5) is 0 Å². The lowest BCUT2D eigenvalue weighted by Crippen LogP contribution is -2.11. The second kappa shape index (κ2) is 5.75. The number of hydrogen-bond donors (Lipinski definition) is 1. The molecule has 0 fully saturated rings. The van der Waals surface area contributed by atoms with E-state index < -0.39 is 11.9 Å². The van der Waals surface area contributed by atoms with Gasteiger partial charge >= 0.3 is 11.9 Å². The molecule has 0 bridgehead atoms. The van der Waals surface area contributed by atoms with Gasteiger partial charge in [-0.2, -0.15) is 5.10 Å². The van der Waals surface area contributed by atoms with Crippen molar-refractivity contribution in [2.45, 2.75) is 6.92 Å². The molecule has 0 saturated carbocycles. The highest BCUT2D eigenvalue weighted by Crippen LogP contribution is 2.21. The van der Waals surface area contributed by atoms with Crippen LogP contribution in [0.25, 0.3) is 5.69 Å². The first-order chi connectivity index (χ1) is 9.54. The zero-order chi connectivity index (χ0) is 14.7. The molecule has 1 aromatic heterocycles. The second-order valence-electron chi connectivity index (χ2n) is 3.81. The smallest absolute Gasteiger partial charge is 0.359 e. The van der Waals surface area contributed by atoms with Gasteiger partial charge < -0.3 is 9.84 Å². The van der Waals surface area contributed by atoms with Crippen LogP contribution in [0.5, 0.6) is 0 Å². The molecule has 0 spiro atoms. The van der Waals surface area contributed by atoms with Crippen LogP contribution >= 0.6 is 11.6 Å². The Morgan fingerprint density at radius 2 is 2.10 bits per heavy atom. The van der Waals surface area contributed by atoms with E-state index in [4.69, 9.17) is 21.4 Å². The van der Waals surface area contributed by atoms with Crippen LogP contribution in [0.1, 0.15) is 27.8 Å². The number of nitrogens with zero attached hydrogens (tertiary/aromatic N) is 2. The average molecular weight is 295 g/mol. The minimum atomic E-state index is -1.26. The summed E-state index contributed by atoms with van der Waals surface area (Å²) in [5.74, 6) is -2.04. The Morgan fingerprint density at radius 1 is 1.40 bits per heavy atom. The Bertz CT molecular complexity index is 666. The fourth-order valence-electron chi connectivity index (χ4n) is 1.64. The number of carbonyl (C=O) groups excluding carboxylic acids is 1. The molecule has 1 aromatic carbocycles. The number of benzene rings is 1. The number of ether oxygens (including phenoxy) is 1. The molecule has 1 heterocycles. The van der Waals surface area contributed by atoms with Crippen molar-refractivity contribution in [3.05, 3.63) is 46.7 Å². The van der Waals surface area contributed by atoms with Crippen molar-refractivity contribution < 1.29 is 19.4 Å². The van der Waals surface area contributed by atoms with E-state index >= 15 is 0 Å². The monoisotopic (exact) mass is 294 g/mol. The number of para-hydroxylation sites is 1. The molecule has 2 aromatic rings. The topological polar surface area (TPSA) is 81.4 Å². The molecule has 0 aliphatic heterocycles. The molecule has 0 saturated heterocycles. The Hall–Kier alpha value is -2.34. The van der Waals surface area contributed by atoms with Gasteiger partial charge in [0, 0.05) is 6.20 Å². The van der Waals surface area contributed by atoms with Gasteiger partial charge in [-0.15, -0.1) is 0 Å². The van der Waals surface area contributed by atoms with E-state index in [1.54, 1.807) is 31.2 Å². The van der Waals surface area contributed by atoms with Crippen LogP contribution in [-0.2, 0) is 4.74 Å². The molecular formula is C13H11ClN2O4. The van der Waals surface area contributed by atoms with E-state index in [9.17, 15) is 9.59 Å². The van der Waals surface area contributed by atoms with Gasteiger partial charge in [0.25, 0.3) is 0 Å². The summed E-state index contributed by atoms with van der Waals surface area (Å²) in [5, 5.41) is 13.5. The van der Waals surface area contributed by atoms with Crippen LogP contribution in [0.15, 0.2) is 30.5 Å². The maximum Gasteiger partial charge on any atom is 0.359 e. The molecule has 20 heavy (non-hydrogen) atoms. The first kappa shape index (κ1) is 14.1. The first-order valence-electron chi connectivity index (χ1n) is 5.79. The van der Waals surface area contributed by atoms with Crippen LogP contribution in [0, 0.1) is 0 Å². The SMILES string of the molecule is CCOC(=O)c1nn(-c2ccccc2Cl)cc1C(=O)O. The molecule has 0 radical (unpaired) electrons. The zero-order valence-electron chi connectivity index (χ0n) is 10.5. The van der Waals surface area contributed by atoms with E-state index in [1.807, 2.05) is 0 Å². The molecule has 0 aliphatic carbocycles. The predicted octanol–water partition coefficient (Wildman–Crippen LogP) is 2.40. The third-order valence-electron chi connectivity index (χ3n) is 2.51. The third-order valence-corrected chi connectivity index (χ3v) is 2.83. The Balaban J connectivity index is 2.53. The average Bonchev–Trinajstić information content (AvgIpc) is 2.84. The minimum Gasteiger partial charge on any atom is -0.478 e.